The molecule has 0 saturated heterocycles. The van der Waals surface area contributed by atoms with Crippen LogP contribution in [0.4, 0.5) is 17.1 Å². The second-order valence-corrected chi connectivity index (χ2v) is 19.7. The minimum absolute atomic E-state index is 0. The van der Waals surface area contributed by atoms with Gasteiger partial charge in [-0.15, -0.1) is 0 Å². The Kier molecular flexibility index (Phi) is 25.7. The fourth-order valence-electron chi connectivity index (χ4n) is 9.42. The first-order valence-corrected chi connectivity index (χ1v) is 27.2. The maximum absolute atomic E-state index is 10.2. The average molecular weight is 1200 g/mol. The number of anilines is 3. The van der Waals surface area contributed by atoms with Crippen LogP contribution < -0.4 is 113 Å². The number of para-hydroxylation sites is 1. The van der Waals surface area contributed by atoms with Crippen LogP contribution in [-0.2, 0) is 16.1 Å². The van der Waals surface area contributed by atoms with E-state index in [0.717, 1.165) is 44.6 Å². The molecule has 398 valence electrons. The summed E-state index contributed by atoms with van der Waals surface area (Å²) in [6.45, 7) is -0.181. The second-order valence-electron chi connectivity index (χ2n) is 18.8. The number of halogens is 1. The molecule has 0 aliphatic rings. The van der Waals surface area contributed by atoms with Crippen LogP contribution in [0.5, 0.6) is 11.5 Å². The summed E-state index contributed by atoms with van der Waals surface area (Å²) >= 11 is 3.56. The SMILES string of the molecule is Brc1cccc(-c2cccc(-c3cccc(-c4ccccc4)c3)c2)c1.O=CO[O-].Oc1cccc(Cc2ccccc2)c1.Oc1cccc(N(c2ccccc2)c2cccc(-c3cccc(-c4cccc(-c5ccccc5)c4)c3)c2)c1.[H-].[K+].[K+]. The zero-order chi connectivity index (χ0) is 56.0. The van der Waals surface area contributed by atoms with Crippen molar-refractivity contribution in [1.29, 1.82) is 0 Å². The maximum atomic E-state index is 10.2. The number of benzene rings is 12. The molecule has 0 saturated carbocycles. The Bertz CT molecular complexity index is 3930. The van der Waals surface area contributed by atoms with E-state index in [1.165, 1.54) is 61.2 Å². The first-order chi connectivity index (χ1) is 39.8. The summed E-state index contributed by atoms with van der Waals surface area (Å²) in [5, 5.41) is 27.9. The molecular weight excluding hydrogens is 1140 g/mol. The molecule has 0 aliphatic heterocycles. The minimum atomic E-state index is -0.181. The van der Waals surface area contributed by atoms with Gasteiger partial charge in [-0.25, -0.2) is 0 Å². The van der Waals surface area contributed by atoms with Gasteiger partial charge in [0.1, 0.15) is 11.5 Å². The van der Waals surface area contributed by atoms with E-state index in [1.54, 1.807) is 24.3 Å². The Labute approximate surface area is 581 Å². The van der Waals surface area contributed by atoms with Crippen LogP contribution in [0.2, 0.25) is 0 Å². The van der Waals surface area contributed by atoms with Crippen LogP contribution in [0.15, 0.2) is 320 Å². The van der Waals surface area contributed by atoms with E-state index in [1.807, 2.05) is 66.7 Å². The zero-order valence-corrected chi connectivity index (χ0v) is 54.1. The zero-order valence-electron chi connectivity index (χ0n) is 47.3. The molecule has 0 atom stereocenters. The molecule has 83 heavy (non-hydrogen) atoms. The Hall–Kier alpha value is -6.78. The van der Waals surface area contributed by atoms with Crippen molar-refractivity contribution in [2.45, 2.75) is 6.42 Å². The summed E-state index contributed by atoms with van der Waals surface area (Å²) in [4.78, 5) is 13.4. The van der Waals surface area contributed by atoms with Gasteiger partial charge in [0.2, 0.25) is 0 Å². The third kappa shape index (κ3) is 18.9. The fraction of sp³-hybridized carbons (Fsp3) is 0.0135. The van der Waals surface area contributed by atoms with E-state index >= 15 is 0 Å². The number of nitrogens with zero attached hydrogens (tertiary/aromatic N) is 1. The van der Waals surface area contributed by atoms with Gasteiger partial charge in [0, 0.05) is 27.6 Å². The summed E-state index contributed by atoms with van der Waals surface area (Å²) in [5.74, 6) is 0.573. The van der Waals surface area contributed by atoms with E-state index in [0.29, 0.717) is 5.75 Å². The molecule has 0 amide bonds. The van der Waals surface area contributed by atoms with Gasteiger partial charge in [0.05, 0.1) is 0 Å². The van der Waals surface area contributed by atoms with Crippen molar-refractivity contribution >= 4 is 39.5 Å². The average Bonchev–Trinajstić information content (AvgIpc) is 3.72. The largest absolute Gasteiger partial charge is 1.00 e. The van der Waals surface area contributed by atoms with Gasteiger partial charge in [-0.3, -0.25) is 4.79 Å². The topological polar surface area (TPSA) is 93.1 Å². The Morgan fingerprint density at radius 1 is 0.337 bits per heavy atom. The van der Waals surface area contributed by atoms with Gasteiger partial charge >= 0.3 is 103 Å². The van der Waals surface area contributed by atoms with Gasteiger partial charge in [-0.05, 0) is 169 Å². The van der Waals surface area contributed by atoms with E-state index in [9.17, 15) is 10.2 Å². The molecule has 0 heterocycles. The van der Waals surface area contributed by atoms with Crippen molar-refractivity contribution in [2.24, 2.45) is 0 Å². The molecule has 6 nitrogen and oxygen atoms in total. The molecule has 12 aromatic carbocycles. The molecule has 0 radical (unpaired) electrons. The van der Waals surface area contributed by atoms with Gasteiger partial charge in [-0.1, -0.05) is 240 Å². The van der Waals surface area contributed by atoms with Gasteiger partial charge < -0.3 is 26.7 Å². The molecule has 0 fully saturated rings. The number of carbonyl (C=O) groups excluding carboxylic acids is 1. The maximum Gasteiger partial charge on any atom is 1.00 e. The van der Waals surface area contributed by atoms with Gasteiger partial charge in [-0.2, -0.15) is 0 Å². The van der Waals surface area contributed by atoms with Crippen LogP contribution in [0.25, 0.3) is 66.8 Å². The number of aromatic hydroxyl groups is 2. The molecule has 0 unspecified atom stereocenters. The predicted octanol–water partition coefficient (Wildman–Crippen LogP) is 12.9. The van der Waals surface area contributed by atoms with Crippen LogP contribution in [0.1, 0.15) is 12.6 Å². The molecular formula is C74H58BrK2NO5. The van der Waals surface area contributed by atoms with Crippen molar-refractivity contribution < 1.29 is 129 Å². The third-order valence-corrected chi connectivity index (χ3v) is 13.7. The van der Waals surface area contributed by atoms with Crippen molar-refractivity contribution in [2.75, 3.05) is 4.90 Å². The standard InChI is InChI=1S/C36H27NO.C24H17Br.C13H12O.CH2O3.2K.H/c38-36-22-10-21-35(26-36)37(33-18-5-2-6-19-33)34-20-9-17-32(25-34)31-16-8-15-30(24-31)29-14-7-13-28(23-29)27-11-3-1-4-12-27;25-24-14-6-13-23(17-24)22-12-5-11-21(16-22)20-10-4-9-19(15-20)18-7-2-1-3-8-18;14-13-8-4-7-12(10-13)9-11-5-2-1-3-6-11;2-1-4-3;;;/h1-26,38H;1-17H;1-8,10,14H,9H2;1,3H;;;/q;;;;2*+1;-1/p-1. The van der Waals surface area contributed by atoms with Crippen LogP contribution in [-0.4, -0.2) is 16.7 Å². The van der Waals surface area contributed by atoms with Gasteiger partial charge in [0.25, 0.3) is 6.47 Å². The summed E-state index contributed by atoms with van der Waals surface area (Å²) in [5.41, 5.74) is 19.8. The number of carbonyl (C=O) groups is 1. The number of hydrogen-bond acceptors (Lipinski definition) is 6. The van der Waals surface area contributed by atoms with Crippen molar-refractivity contribution in [3.05, 3.63) is 331 Å². The van der Waals surface area contributed by atoms with E-state index in [-0.39, 0.29) is 116 Å². The molecule has 0 bridgehead atoms. The smallest absolute Gasteiger partial charge is 1.00 e. The fourth-order valence-corrected chi connectivity index (χ4v) is 9.82. The molecule has 9 heteroatoms. The third-order valence-electron chi connectivity index (χ3n) is 13.2. The molecule has 2 N–H and O–H groups in total. The van der Waals surface area contributed by atoms with Crippen LogP contribution >= 0.6 is 15.9 Å². The van der Waals surface area contributed by atoms with Crippen molar-refractivity contribution in [3.63, 3.8) is 0 Å². The predicted molar refractivity (Wildman–Crippen MR) is 335 cm³/mol. The molecule has 0 spiro atoms. The first kappa shape index (κ1) is 63.8. The summed E-state index contributed by atoms with van der Waals surface area (Å²) < 4.78 is 1.10. The van der Waals surface area contributed by atoms with Crippen molar-refractivity contribution in [3.8, 4) is 78.3 Å². The molecule has 0 aromatic heterocycles. The second kappa shape index (κ2) is 33.5. The quantitative estimate of drug-likeness (QED) is 0.0548. The van der Waals surface area contributed by atoms with Crippen LogP contribution in [0.3, 0.4) is 0 Å². The van der Waals surface area contributed by atoms with E-state index in [4.69, 9.17) is 10.1 Å². The molecule has 12 aromatic rings. The number of rotatable bonds is 12. The Morgan fingerprint density at radius 2 is 0.627 bits per heavy atom. The van der Waals surface area contributed by atoms with E-state index < -0.39 is 0 Å². The van der Waals surface area contributed by atoms with E-state index in [2.05, 4.69) is 250 Å². The minimum Gasteiger partial charge on any atom is -1.00 e. The summed E-state index contributed by atoms with van der Waals surface area (Å²) in [7, 11) is 0. The van der Waals surface area contributed by atoms with Gasteiger partial charge in [0.15, 0.2) is 0 Å². The first-order valence-electron chi connectivity index (χ1n) is 26.4. The summed E-state index contributed by atoms with van der Waals surface area (Å²) in [6, 6.07) is 108. The molecule has 0 aliphatic carbocycles. The summed E-state index contributed by atoms with van der Waals surface area (Å²) in [6.07, 6.45) is 0.870. The van der Waals surface area contributed by atoms with Crippen molar-refractivity contribution in [1.82, 2.24) is 0 Å². The Morgan fingerprint density at radius 3 is 1.04 bits per heavy atom. The number of hydrogen-bond donors (Lipinski definition) is 2. The number of phenols is 2. The Balaban J connectivity index is 0.000000211. The van der Waals surface area contributed by atoms with Crippen LogP contribution in [0, 0.1) is 0 Å². The molecule has 12 rings (SSSR count). The monoisotopic (exact) mass is 1200 g/mol. The normalized spacial score (nSPS) is 10.0. The number of phenolic OH excluding ortho intramolecular Hbond substituents is 2.